The fourth-order valence-corrected chi connectivity index (χ4v) is 4.67. The molecule has 1 heterocycles. The van der Waals surface area contributed by atoms with Crippen LogP contribution >= 0.6 is 22.6 Å². The molecule has 146 valence electrons. The van der Waals surface area contributed by atoms with Gasteiger partial charge in [-0.05, 0) is 72.5 Å². The van der Waals surface area contributed by atoms with Gasteiger partial charge in [0.05, 0.1) is 23.4 Å². The number of ether oxygens (including phenoxy) is 1. The van der Waals surface area contributed by atoms with Crippen molar-refractivity contribution in [3.63, 3.8) is 0 Å². The van der Waals surface area contributed by atoms with Gasteiger partial charge in [0.2, 0.25) is 0 Å². The molecule has 2 aromatic carbocycles. The Morgan fingerprint density at radius 1 is 1.07 bits per heavy atom. The highest BCUT2D eigenvalue weighted by molar-refractivity contribution is 14.1. The van der Waals surface area contributed by atoms with Crippen LogP contribution in [-0.4, -0.2) is 53.7 Å². The molecule has 2 aromatic rings. The molecule has 6 nitrogen and oxygen atoms in total. The molecule has 0 bridgehead atoms. The van der Waals surface area contributed by atoms with Crippen LogP contribution in [-0.2, 0) is 10.0 Å². The number of anilines is 2. The number of piperazine rings is 1. The molecule has 8 heteroatoms. The summed E-state index contributed by atoms with van der Waals surface area (Å²) in [4.78, 5) is 4.66. The highest BCUT2D eigenvalue weighted by atomic mass is 127. The summed E-state index contributed by atoms with van der Waals surface area (Å²) in [5.41, 5.74) is 2.29. The van der Waals surface area contributed by atoms with E-state index < -0.39 is 10.0 Å². The average molecular weight is 501 g/mol. The zero-order valence-electron chi connectivity index (χ0n) is 15.7. The zero-order valence-corrected chi connectivity index (χ0v) is 18.7. The molecular weight excluding hydrogens is 477 g/mol. The van der Waals surface area contributed by atoms with Crippen molar-refractivity contribution in [2.24, 2.45) is 0 Å². The second-order valence-corrected chi connectivity index (χ2v) is 9.62. The SMILES string of the molecule is COc1ccc(S(=O)(=O)Nc2cc(I)ccc2C)cc1N1CCN(C)CC1. The van der Waals surface area contributed by atoms with Crippen LogP contribution < -0.4 is 14.4 Å². The molecular formula is C19H24IN3O3S. The molecule has 0 unspecified atom stereocenters. The van der Waals surface area contributed by atoms with E-state index in [0.29, 0.717) is 11.4 Å². The Morgan fingerprint density at radius 3 is 2.44 bits per heavy atom. The lowest BCUT2D eigenvalue weighted by Crippen LogP contribution is -2.44. The van der Waals surface area contributed by atoms with Crippen LogP contribution in [0.1, 0.15) is 5.56 Å². The number of halogens is 1. The summed E-state index contributed by atoms with van der Waals surface area (Å²) in [6.45, 7) is 5.41. The lowest BCUT2D eigenvalue weighted by atomic mass is 10.2. The van der Waals surface area contributed by atoms with Crippen molar-refractivity contribution in [3.05, 3.63) is 45.5 Å². The molecule has 1 aliphatic rings. The highest BCUT2D eigenvalue weighted by Crippen LogP contribution is 2.32. The maximum atomic E-state index is 13.0. The second-order valence-electron chi connectivity index (χ2n) is 6.69. The Kier molecular flexibility index (Phi) is 6.17. The Morgan fingerprint density at radius 2 is 1.78 bits per heavy atom. The van der Waals surface area contributed by atoms with Crippen molar-refractivity contribution in [1.29, 1.82) is 0 Å². The van der Waals surface area contributed by atoms with E-state index >= 15 is 0 Å². The minimum atomic E-state index is -3.70. The van der Waals surface area contributed by atoms with Gasteiger partial charge in [0.1, 0.15) is 5.75 Å². The second kappa shape index (κ2) is 8.24. The van der Waals surface area contributed by atoms with Gasteiger partial charge in [0.15, 0.2) is 0 Å². The molecule has 3 rings (SSSR count). The fourth-order valence-electron chi connectivity index (χ4n) is 3.04. The fraction of sp³-hybridized carbons (Fsp3) is 0.368. The largest absolute Gasteiger partial charge is 0.495 e. The third-order valence-corrected chi connectivity index (χ3v) is 6.78. The van der Waals surface area contributed by atoms with Crippen LogP contribution in [0.4, 0.5) is 11.4 Å². The van der Waals surface area contributed by atoms with E-state index in [0.717, 1.165) is 41.0 Å². The third-order valence-electron chi connectivity index (χ3n) is 4.75. The first-order valence-electron chi connectivity index (χ1n) is 8.70. The first-order valence-corrected chi connectivity index (χ1v) is 11.3. The molecule has 0 amide bonds. The first-order chi connectivity index (χ1) is 12.8. The van der Waals surface area contributed by atoms with Gasteiger partial charge in [-0.3, -0.25) is 4.72 Å². The molecule has 0 aliphatic carbocycles. The van der Waals surface area contributed by atoms with Gasteiger partial charge in [0.25, 0.3) is 10.0 Å². The summed E-state index contributed by atoms with van der Waals surface area (Å²) in [6.07, 6.45) is 0. The number of nitrogens with one attached hydrogen (secondary N) is 1. The molecule has 1 N–H and O–H groups in total. The van der Waals surface area contributed by atoms with Crippen LogP contribution in [0.25, 0.3) is 0 Å². The van der Waals surface area contributed by atoms with E-state index in [2.05, 4.69) is 44.2 Å². The van der Waals surface area contributed by atoms with Gasteiger partial charge >= 0.3 is 0 Å². The van der Waals surface area contributed by atoms with Crippen molar-refractivity contribution in [1.82, 2.24) is 4.90 Å². The van der Waals surface area contributed by atoms with E-state index in [4.69, 9.17) is 4.74 Å². The number of sulfonamides is 1. The number of hydrogen-bond acceptors (Lipinski definition) is 5. The quantitative estimate of drug-likeness (QED) is 0.639. The van der Waals surface area contributed by atoms with Gasteiger partial charge < -0.3 is 14.5 Å². The van der Waals surface area contributed by atoms with Gasteiger partial charge in [-0.25, -0.2) is 8.42 Å². The number of likely N-dealkylation sites (N-methyl/N-ethyl adjacent to an activating group) is 1. The highest BCUT2D eigenvalue weighted by Gasteiger charge is 2.22. The van der Waals surface area contributed by atoms with E-state index in [1.165, 1.54) is 0 Å². The van der Waals surface area contributed by atoms with Crippen LogP contribution in [0, 0.1) is 10.5 Å². The number of aryl methyl sites for hydroxylation is 1. The van der Waals surface area contributed by atoms with Gasteiger partial charge in [-0.2, -0.15) is 0 Å². The van der Waals surface area contributed by atoms with E-state index in [-0.39, 0.29) is 4.90 Å². The van der Waals surface area contributed by atoms with Gasteiger partial charge in [0, 0.05) is 29.7 Å². The first kappa shape index (κ1) is 20.2. The van der Waals surface area contributed by atoms with Crippen molar-refractivity contribution < 1.29 is 13.2 Å². The minimum absolute atomic E-state index is 0.232. The van der Waals surface area contributed by atoms with E-state index in [9.17, 15) is 8.42 Å². The maximum absolute atomic E-state index is 13.0. The van der Waals surface area contributed by atoms with E-state index in [1.54, 1.807) is 25.3 Å². The summed E-state index contributed by atoms with van der Waals surface area (Å²) < 4.78 is 35.1. The standard InChI is InChI=1S/C19H24IN3O3S/c1-14-4-5-15(20)12-17(14)21-27(24,25)16-6-7-19(26-3)18(13-16)23-10-8-22(2)9-11-23/h4-7,12-13,21H,8-11H2,1-3H3. The topological polar surface area (TPSA) is 61.9 Å². The third kappa shape index (κ3) is 4.67. The number of nitrogens with zero attached hydrogens (tertiary/aromatic N) is 2. The summed E-state index contributed by atoms with van der Waals surface area (Å²) in [7, 11) is -0.00150. The number of benzene rings is 2. The molecule has 27 heavy (non-hydrogen) atoms. The molecule has 0 aromatic heterocycles. The Bertz CT molecular complexity index is 926. The number of rotatable bonds is 5. The normalized spacial score (nSPS) is 15.6. The van der Waals surface area contributed by atoms with Crippen molar-refractivity contribution in [2.45, 2.75) is 11.8 Å². The van der Waals surface area contributed by atoms with Gasteiger partial charge in [-0.15, -0.1) is 0 Å². The molecule has 1 fully saturated rings. The molecule has 0 spiro atoms. The van der Waals surface area contributed by atoms with Crippen molar-refractivity contribution in [3.8, 4) is 5.75 Å². The van der Waals surface area contributed by atoms with Crippen LogP contribution in [0.15, 0.2) is 41.3 Å². The minimum Gasteiger partial charge on any atom is -0.495 e. The number of hydrogen-bond donors (Lipinski definition) is 1. The number of methoxy groups -OCH3 is 1. The summed E-state index contributed by atoms with van der Waals surface area (Å²) in [5.74, 6) is 0.684. The lowest BCUT2D eigenvalue weighted by molar-refractivity contribution is 0.311. The molecule has 0 saturated carbocycles. The summed E-state index contributed by atoms with van der Waals surface area (Å²) in [6, 6.07) is 10.7. The predicted molar refractivity (Wildman–Crippen MR) is 117 cm³/mol. The van der Waals surface area contributed by atoms with Crippen LogP contribution in [0.3, 0.4) is 0 Å². The monoisotopic (exact) mass is 501 g/mol. The lowest BCUT2D eigenvalue weighted by Gasteiger charge is -2.34. The smallest absolute Gasteiger partial charge is 0.261 e. The summed E-state index contributed by atoms with van der Waals surface area (Å²) >= 11 is 2.17. The van der Waals surface area contributed by atoms with Crippen LogP contribution in [0.2, 0.25) is 0 Å². The predicted octanol–water partition coefficient (Wildman–Crippen LogP) is 3.16. The molecule has 1 aliphatic heterocycles. The van der Waals surface area contributed by atoms with Gasteiger partial charge in [-0.1, -0.05) is 6.07 Å². The Labute approximate surface area is 174 Å². The Hall–Kier alpha value is -1.52. The molecule has 0 radical (unpaired) electrons. The van der Waals surface area contributed by atoms with Crippen molar-refractivity contribution >= 4 is 44.0 Å². The zero-order chi connectivity index (χ0) is 19.6. The summed E-state index contributed by atoms with van der Waals surface area (Å²) in [5, 5.41) is 0. The Balaban J connectivity index is 1.93. The maximum Gasteiger partial charge on any atom is 0.261 e. The molecule has 1 saturated heterocycles. The van der Waals surface area contributed by atoms with E-state index in [1.807, 2.05) is 25.1 Å². The molecule has 0 atom stereocenters. The van der Waals surface area contributed by atoms with Crippen molar-refractivity contribution in [2.75, 3.05) is 50.0 Å². The average Bonchev–Trinajstić information content (AvgIpc) is 2.64. The van der Waals surface area contributed by atoms with Crippen LogP contribution in [0.5, 0.6) is 5.75 Å².